The Hall–Kier alpha value is 2.11. The smallest absolute Gasteiger partial charge is 0.870 e. The Labute approximate surface area is 87.1 Å². The van der Waals surface area contributed by atoms with Gasteiger partial charge in [0.25, 0.3) is 0 Å². The van der Waals surface area contributed by atoms with Gasteiger partial charge < -0.3 is 23.3 Å². The van der Waals surface area contributed by atoms with Crippen molar-refractivity contribution in [3.8, 4) is 0 Å². The topological polar surface area (TPSA) is 130 Å². The number of halogens is 2. The third-order valence-electron chi connectivity index (χ3n) is 0. The van der Waals surface area contributed by atoms with Crippen LogP contribution in [0.5, 0.6) is 0 Å². The van der Waals surface area contributed by atoms with Crippen molar-refractivity contribution in [2.24, 2.45) is 0 Å². The second-order valence-electron chi connectivity index (χ2n) is 0.0452. The summed E-state index contributed by atoms with van der Waals surface area (Å²) >= 11 is -0.472. The molecule has 0 aliphatic carbocycles. The van der Waals surface area contributed by atoms with E-state index in [9.17, 15) is 0 Å². The molecule has 54 valence electrons. The van der Waals surface area contributed by atoms with Gasteiger partial charge >= 0.3 is 64.9 Å². The van der Waals surface area contributed by atoms with Crippen LogP contribution in [0, 0.1) is 0 Å². The van der Waals surface area contributed by atoms with Crippen LogP contribution in [0.4, 0.5) is 0 Å². The zero-order valence-electron chi connectivity index (χ0n) is 4.38. The molecule has 8 heavy (non-hydrogen) atoms. The van der Waals surface area contributed by atoms with Crippen LogP contribution in [0.25, 0.3) is 0 Å². The molecular weight excluding hydrogens is 349 g/mol. The molecule has 0 rings (SSSR count). The first-order chi connectivity index (χ1) is 1.41. The predicted octanol–water partition coefficient (Wildman–Crippen LogP) is -1.65. The minimum absolute atomic E-state index is 0. The second kappa shape index (κ2) is 62.0. The summed E-state index contributed by atoms with van der Waals surface area (Å²) < 4.78 is 0. The molecule has 0 unspecified atom stereocenters. The maximum Gasteiger partial charge on any atom is 1.00 e. The third kappa shape index (κ3) is 92.2. The molecule has 0 aliphatic rings. The molecule has 0 aliphatic heterocycles. The SMILES string of the molecule is N.N.[Cl][Pt+2][Cl].[Na+].[OH-].[OH-]. The average molecular weight is 357 g/mol. The fraction of sp³-hybridized carbons (Fsp3) is 0. The van der Waals surface area contributed by atoms with Gasteiger partial charge in [-0.05, 0) is 0 Å². The van der Waals surface area contributed by atoms with Gasteiger partial charge in [0.15, 0.2) is 0 Å². The van der Waals surface area contributed by atoms with Gasteiger partial charge in [0.2, 0.25) is 0 Å². The summed E-state index contributed by atoms with van der Waals surface area (Å²) in [4.78, 5) is 0. The Morgan fingerprint density at radius 2 is 0.875 bits per heavy atom. The first kappa shape index (κ1) is 49.7. The van der Waals surface area contributed by atoms with E-state index in [0.29, 0.717) is 0 Å². The zero-order valence-corrected chi connectivity index (χ0v) is 10.2. The van der Waals surface area contributed by atoms with Crippen molar-refractivity contribution in [2.45, 2.75) is 0 Å². The van der Waals surface area contributed by atoms with E-state index in [1.807, 2.05) is 0 Å². The molecule has 0 saturated heterocycles. The number of hydrogen-bond donors (Lipinski definition) is 2. The second-order valence-corrected chi connectivity index (χ2v) is 3.33. The van der Waals surface area contributed by atoms with Crippen LogP contribution < -0.4 is 41.9 Å². The molecule has 8 N–H and O–H groups in total. The summed E-state index contributed by atoms with van der Waals surface area (Å²) in [6, 6.07) is 0. The van der Waals surface area contributed by atoms with E-state index in [4.69, 9.17) is 18.8 Å². The third-order valence-corrected chi connectivity index (χ3v) is 0. The normalized spacial score (nSPS) is 2.75. The van der Waals surface area contributed by atoms with E-state index >= 15 is 0 Å². The molecular formula is H8Cl2N2NaO2Pt+. The number of rotatable bonds is 0. The standard InChI is InChI=1S/2ClH.2H3N.Na.2H2O.Pt/h2*1H;2*1H3;;2*1H2;/q;;;;+1;;;+4/p-4. The summed E-state index contributed by atoms with van der Waals surface area (Å²) in [5.74, 6) is 0. The monoisotopic (exact) mass is 356 g/mol. The van der Waals surface area contributed by atoms with Crippen LogP contribution >= 0.6 is 18.8 Å². The molecule has 0 spiro atoms. The quantitative estimate of drug-likeness (QED) is 0.503. The molecule has 4 nitrogen and oxygen atoms in total. The maximum absolute atomic E-state index is 4.88. The largest absolute Gasteiger partial charge is 1.00 e. The fourth-order valence-corrected chi connectivity index (χ4v) is 0. The van der Waals surface area contributed by atoms with Gasteiger partial charge in [-0.15, -0.1) is 0 Å². The van der Waals surface area contributed by atoms with Crippen LogP contribution in [0.15, 0.2) is 0 Å². The van der Waals surface area contributed by atoms with Gasteiger partial charge in [-0.1, -0.05) is 0 Å². The molecule has 0 aromatic carbocycles. The van der Waals surface area contributed by atoms with Crippen molar-refractivity contribution in [3.63, 3.8) is 0 Å². The van der Waals surface area contributed by atoms with Crippen LogP contribution in [-0.4, -0.2) is 11.0 Å². The molecule has 0 saturated carbocycles. The van der Waals surface area contributed by atoms with Crippen molar-refractivity contribution in [1.29, 1.82) is 0 Å². The van der Waals surface area contributed by atoms with E-state index < -0.39 is 16.5 Å². The molecule has 0 radical (unpaired) electrons. The first-order valence-electron chi connectivity index (χ1n) is 0.239. The van der Waals surface area contributed by atoms with Crippen LogP contribution in [0.3, 0.4) is 0 Å². The summed E-state index contributed by atoms with van der Waals surface area (Å²) in [7, 11) is 9.75. The van der Waals surface area contributed by atoms with E-state index in [-0.39, 0.29) is 52.8 Å². The number of hydrogen-bond acceptors (Lipinski definition) is 4. The van der Waals surface area contributed by atoms with E-state index in [2.05, 4.69) is 0 Å². The summed E-state index contributed by atoms with van der Waals surface area (Å²) in [5.41, 5.74) is 0. The minimum Gasteiger partial charge on any atom is -0.870 e. The van der Waals surface area contributed by atoms with Gasteiger partial charge in [-0.3, -0.25) is 0 Å². The molecule has 8 heteroatoms. The minimum atomic E-state index is -0.472. The predicted molar refractivity (Wildman–Crippen MR) is 25.6 cm³/mol. The summed E-state index contributed by atoms with van der Waals surface area (Å²) in [6.07, 6.45) is 0. The van der Waals surface area contributed by atoms with Gasteiger partial charge in [0.1, 0.15) is 0 Å². The molecule has 0 fully saturated rings. The van der Waals surface area contributed by atoms with Gasteiger partial charge in [0, 0.05) is 0 Å². The summed E-state index contributed by atoms with van der Waals surface area (Å²) in [5, 5.41) is 0. The Morgan fingerprint density at radius 1 is 0.875 bits per heavy atom. The van der Waals surface area contributed by atoms with Crippen molar-refractivity contribution in [2.75, 3.05) is 0 Å². The molecule has 0 bridgehead atoms. The average Bonchev–Trinajstić information content (AvgIpc) is 0.918. The first-order valence-corrected chi connectivity index (χ1v) is 5.87. The van der Waals surface area contributed by atoms with E-state index in [0.717, 1.165) is 0 Å². The maximum atomic E-state index is 4.88. The molecule has 0 aromatic heterocycles. The molecule has 0 atom stereocenters. The zero-order chi connectivity index (χ0) is 2.71. The van der Waals surface area contributed by atoms with Gasteiger partial charge in [0.05, 0.1) is 0 Å². The van der Waals surface area contributed by atoms with Crippen molar-refractivity contribution in [3.05, 3.63) is 0 Å². The molecule has 0 aromatic rings. The van der Waals surface area contributed by atoms with E-state index in [1.54, 1.807) is 0 Å². The molecule has 0 heterocycles. The van der Waals surface area contributed by atoms with Crippen molar-refractivity contribution in [1.82, 2.24) is 12.3 Å². The van der Waals surface area contributed by atoms with Gasteiger partial charge in [-0.2, -0.15) is 0 Å². The molecule has 0 amide bonds. The van der Waals surface area contributed by atoms with Crippen LogP contribution in [0.1, 0.15) is 0 Å². The Bertz CT molecular complexity index is 18.0. The Balaban J connectivity index is -0.00000000200. The summed E-state index contributed by atoms with van der Waals surface area (Å²) in [6.45, 7) is 0. The van der Waals surface area contributed by atoms with Crippen molar-refractivity contribution < 1.29 is 57.0 Å². The van der Waals surface area contributed by atoms with Crippen LogP contribution in [-0.2, 0) is 16.5 Å². The van der Waals surface area contributed by atoms with Crippen molar-refractivity contribution >= 4 is 18.8 Å². The fourth-order valence-electron chi connectivity index (χ4n) is 0. The van der Waals surface area contributed by atoms with E-state index in [1.165, 1.54) is 0 Å². The Kier molecular flexibility index (Phi) is 385. The van der Waals surface area contributed by atoms with Gasteiger partial charge in [-0.25, -0.2) is 0 Å². The Morgan fingerprint density at radius 3 is 0.875 bits per heavy atom. The van der Waals surface area contributed by atoms with Crippen LogP contribution in [0.2, 0.25) is 0 Å².